The highest BCUT2D eigenvalue weighted by Gasteiger charge is 2.18. The molecule has 0 aliphatic carbocycles. The van der Waals surface area contributed by atoms with Crippen LogP contribution in [0.4, 0.5) is 0 Å². The van der Waals surface area contributed by atoms with Crippen molar-refractivity contribution in [3.05, 3.63) is 29.2 Å². The molecule has 0 radical (unpaired) electrons. The van der Waals surface area contributed by atoms with E-state index in [9.17, 15) is 9.90 Å². The average molecular weight is 289 g/mol. The molecule has 0 aliphatic rings. The Morgan fingerprint density at radius 3 is 2.86 bits per heavy atom. The maximum Gasteiger partial charge on any atom is 0.270 e. The van der Waals surface area contributed by atoms with E-state index in [1.54, 1.807) is 17.4 Å². The first-order valence-corrected chi connectivity index (χ1v) is 7.40. The monoisotopic (exact) mass is 289 g/mol. The van der Waals surface area contributed by atoms with Gasteiger partial charge in [-0.2, -0.15) is 0 Å². The number of hydrogen-bond donors (Lipinski definition) is 2. The van der Waals surface area contributed by atoms with Crippen molar-refractivity contribution in [1.29, 1.82) is 0 Å². The number of nitrogens with one attached hydrogen (secondary N) is 1. The molecule has 5 nitrogen and oxygen atoms in total. The van der Waals surface area contributed by atoms with Crippen molar-refractivity contribution in [2.75, 3.05) is 6.54 Å². The number of carbonyl (C=O) groups excluding carboxylic acids is 1. The lowest BCUT2D eigenvalue weighted by atomic mass is 10.1. The summed E-state index contributed by atoms with van der Waals surface area (Å²) in [5.41, 5.74) is 2.42. The van der Waals surface area contributed by atoms with E-state index in [2.05, 4.69) is 24.1 Å². The van der Waals surface area contributed by atoms with E-state index in [1.165, 1.54) is 0 Å². The highest BCUT2D eigenvalue weighted by atomic mass is 16.3. The van der Waals surface area contributed by atoms with Gasteiger partial charge in [0.05, 0.1) is 5.69 Å². The standard InChI is InChI=1S/C16H23N3O2/c1-5-6-10(2)8-17-16(21)14-12(4)18-15-13(20)7-11(3)9-19(14)15/h7,9-10,20H,5-6,8H2,1-4H3,(H,17,21). The van der Waals surface area contributed by atoms with Gasteiger partial charge in [0.25, 0.3) is 5.91 Å². The van der Waals surface area contributed by atoms with Crippen molar-refractivity contribution in [1.82, 2.24) is 14.7 Å². The second kappa shape index (κ2) is 6.16. The maximum atomic E-state index is 12.4. The molecule has 0 aromatic carbocycles. The fraction of sp³-hybridized carbons (Fsp3) is 0.500. The average Bonchev–Trinajstić information content (AvgIpc) is 2.73. The molecule has 2 N–H and O–H groups in total. The number of carbonyl (C=O) groups is 1. The Hall–Kier alpha value is -2.04. The van der Waals surface area contributed by atoms with E-state index in [0.29, 0.717) is 29.5 Å². The van der Waals surface area contributed by atoms with Gasteiger partial charge in [0.2, 0.25) is 0 Å². The third-order valence-electron chi connectivity index (χ3n) is 3.62. The van der Waals surface area contributed by atoms with E-state index in [0.717, 1.165) is 18.4 Å². The zero-order valence-corrected chi connectivity index (χ0v) is 13.1. The summed E-state index contributed by atoms with van der Waals surface area (Å²) in [4.78, 5) is 16.7. The van der Waals surface area contributed by atoms with E-state index in [4.69, 9.17) is 0 Å². The lowest BCUT2D eigenvalue weighted by Gasteiger charge is -2.12. The lowest BCUT2D eigenvalue weighted by Crippen LogP contribution is -2.29. The first kappa shape index (κ1) is 15.4. The Morgan fingerprint density at radius 2 is 2.19 bits per heavy atom. The van der Waals surface area contributed by atoms with Crippen LogP contribution in [0, 0.1) is 19.8 Å². The number of amides is 1. The SMILES string of the molecule is CCCC(C)CNC(=O)c1c(C)nc2c(O)cc(C)cn12. The fourth-order valence-corrected chi connectivity index (χ4v) is 2.59. The molecule has 1 atom stereocenters. The van der Waals surface area contributed by atoms with Gasteiger partial charge in [0, 0.05) is 12.7 Å². The number of fused-ring (bicyclic) bond motifs is 1. The number of rotatable bonds is 5. The molecule has 2 heterocycles. The Kier molecular flexibility index (Phi) is 4.50. The van der Waals surface area contributed by atoms with Crippen LogP contribution >= 0.6 is 0 Å². The third-order valence-corrected chi connectivity index (χ3v) is 3.62. The minimum absolute atomic E-state index is 0.0940. The summed E-state index contributed by atoms with van der Waals surface area (Å²) in [7, 11) is 0. The molecule has 0 fully saturated rings. The van der Waals surface area contributed by atoms with Crippen LogP contribution in [0.25, 0.3) is 5.65 Å². The first-order valence-electron chi connectivity index (χ1n) is 7.40. The Bertz CT molecular complexity index is 661. The normalized spacial score (nSPS) is 12.6. The van der Waals surface area contributed by atoms with Gasteiger partial charge >= 0.3 is 0 Å². The summed E-state index contributed by atoms with van der Waals surface area (Å²) < 4.78 is 1.67. The summed E-state index contributed by atoms with van der Waals surface area (Å²) >= 11 is 0. The van der Waals surface area contributed by atoms with Crippen LogP contribution in [0.3, 0.4) is 0 Å². The van der Waals surface area contributed by atoms with Crippen LogP contribution < -0.4 is 5.32 Å². The smallest absolute Gasteiger partial charge is 0.270 e. The quantitative estimate of drug-likeness (QED) is 0.889. The van der Waals surface area contributed by atoms with Gasteiger partial charge in [-0.25, -0.2) is 4.98 Å². The Morgan fingerprint density at radius 1 is 1.48 bits per heavy atom. The predicted molar refractivity (Wildman–Crippen MR) is 82.7 cm³/mol. The van der Waals surface area contributed by atoms with Crippen molar-refractivity contribution in [3.8, 4) is 5.75 Å². The van der Waals surface area contributed by atoms with Crippen LogP contribution in [-0.4, -0.2) is 26.9 Å². The molecule has 2 aromatic rings. The molecular weight excluding hydrogens is 266 g/mol. The van der Waals surface area contributed by atoms with E-state index in [-0.39, 0.29) is 11.7 Å². The second-order valence-corrected chi connectivity index (χ2v) is 5.75. The molecule has 0 aliphatic heterocycles. The number of nitrogens with zero attached hydrogens (tertiary/aromatic N) is 2. The van der Waals surface area contributed by atoms with Crippen molar-refractivity contribution < 1.29 is 9.90 Å². The van der Waals surface area contributed by atoms with Gasteiger partial charge in [-0.3, -0.25) is 9.20 Å². The van der Waals surface area contributed by atoms with Crippen LogP contribution in [0.15, 0.2) is 12.3 Å². The van der Waals surface area contributed by atoms with Crippen molar-refractivity contribution in [2.45, 2.75) is 40.5 Å². The summed E-state index contributed by atoms with van der Waals surface area (Å²) in [6.45, 7) is 8.57. The fourth-order valence-electron chi connectivity index (χ4n) is 2.59. The molecule has 0 saturated carbocycles. The van der Waals surface area contributed by atoms with Gasteiger partial charge in [0.1, 0.15) is 5.69 Å². The Balaban J connectivity index is 2.29. The molecule has 0 saturated heterocycles. The highest BCUT2D eigenvalue weighted by molar-refractivity contribution is 5.95. The second-order valence-electron chi connectivity index (χ2n) is 5.75. The van der Waals surface area contributed by atoms with Crippen LogP contribution in [0.2, 0.25) is 0 Å². The first-order chi connectivity index (χ1) is 9.93. The molecule has 21 heavy (non-hydrogen) atoms. The summed E-state index contributed by atoms with van der Waals surface area (Å²) in [5, 5.41) is 12.9. The predicted octanol–water partition coefficient (Wildman–Crippen LogP) is 2.82. The third kappa shape index (κ3) is 3.17. The van der Waals surface area contributed by atoms with Gasteiger partial charge in [-0.05, 0) is 37.8 Å². The zero-order chi connectivity index (χ0) is 15.6. The number of aromatic nitrogens is 2. The maximum absolute atomic E-state index is 12.4. The molecule has 1 unspecified atom stereocenters. The largest absolute Gasteiger partial charge is 0.504 e. The number of pyridine rings is 1. The molecule has 2 aromatic heterocycles. The van der Waals surface area contributed by atoms with Gasteiger partial charge in [-0.1, -0.05) is 20.3 Å². The molecule has 0 bridgehead atoms. The molecule has 0 spiro atoms. The van der Waals surface area contributed by atoms with Crippen LogP contribution in [-0.2, 0) is 0 Å². The summed E-state index contributed by atoms with van der Waals surface area (Å²) in [6.07, 6.45) is 4.02. The van der Waals surface area contributed by atoms with E-state index in [1.807, 2.05) is 13.1 Å². The van der Waals surface area contributed by atoms with Crippen molar-refractivity contribution in [3.63, 3.8) is 0 Å². The number of imidazole rings is 1. The summed E-state index contributed by atoms with van der Waals surface area (Å²) in [6, 6.07) is 1.65. The van der Waals surface area contributed by atoms with Crippen molar-refractivity contribution in [2.24, 2.45) is 5.92 Å². The van der Waals surface area contributed by atoms with Crippen molar-refractivity contribution >= 4 is 11.6 Å². The van der Waals surface area contributed by atoms with Gasteiger partial charge in [0.15, 0.2) is 11.4 Å². The van der Waals surface area contributed by atoms with E-state index < -0.39 is 0 Å². The Labute approximate surface area is 125 Å². The lowest BCUT2D eigenvalue weighted by molar-refractivity contribution is 0.0941. The van der Waals surface area contributed by atoms with Crippen LogP contribution in [0.1, 0.15) is 48.4 Å². The minimum Gasteiger partial charge on any atom is -0.504 e. The van der Waals surface area contributed by atoms with Gasteiger partial charge in [-0.15, -0.1) is 0 Å². The molecular formula is C16H23N3O2. The number of aromatic hydroxyl groups is 1. The minimum atomic E-state index is -0.145. The van der Waals surface area contributed by atoms with E-state index >= 15 is 0 Å². The highest BCUT2D eigenvalue weighted by Crippen LogP contribution is 2.22. The zero-order valence-electron chi connectivity index (χ0n) is 13.1. The van der Waals surface area contributed by atoms with Crippen LogP contribution in [0.5, 0.6) is 5.75 Å². The number of hydrogen-bond acceptors (Lipinski definition) is 3. The molecule has 114 valence electrons. The molecule has 5 heteroatoms. The molecule has 2 rings (SSSR count). The topological polar surface area (TPSA) is 66.6 Å². The molecule has 1 amide bonds. The number of aryl methyl sites for hydroxylation is 2. The summed E-state index contributed by atoms with van der Waals surface area (Å²) in [5.74, 6) is 0.401. The van der Waals surface area contributed by atoms with Gasteiger partial charge < -0.3 is 10.4 Å².